The summed E-state index contributed by atoms with van der Waals surface area (Å²) in [6.07, 6.45) is 0.938. The summed E-state index contributed by atoms with van der Waals surface area (Å²) in [4.78, 5) is 11.7. The Morgan fingerprint density at radius 2 is 1.94 bits per heavy atom. The van der Waals surface area contributed by atoms with E-state index in [4.69, 9.17) is 0 Å². The normalized spacial score (nSPS) is 29.0. The minimum atomic E-state index is -2.96. The maximum Gasteiger partial charge on any atom is 0.220 e. The number of hydrogen-bond donors (Lipinski definition) is 1. The Kier molecular flexibility index (Phi) is 3.39. The number of nitrogens with one attached hydrogen (secondary N) is 1. The molecule has 0 saturated carbocycles. The summed E-state index contributed by atoms with van der Waals surface area (Å²) in [7, 11) is -2.96. The average Bonchev–Trinajstić information content (AvgIpc) is 2.19. The highest BCUT2D eigenvalue weighted by atomic mass is 32.2. The number of carbonyl (C=O) groups is 1. The van der Waals surface area contributed by atoms with Crippen LogP contribution in [0.5, 0.6) is 0 Å². The van der Waals surface area contributed by atoms with Crippen molar-refractivity contribution in [3.05, 3.63) is 0 Å². The van der Waals surface area contributed by atoms with Crippen LogP contribution in [0.4, 0.5) is 0 Å². The fourth-order valence-electron chi connectivity index (χ4n) is 1.97. The molecule has 0 radical (unpaired) electrons. The van der Waals surface area contributed by atoms with Crippen LogP contribution in [0.25, 0.3) is 0 Å². The lowest BCUT2D eigenvalue weighted by atomic mass is 9.91. The number of sulfone groups is 1. The monoisotopic (exact) mass is 247 g/mol. The van der Waals surface area contributed by atoms with Gasteiger partial charge in [-0.25, -0.2) is 8.42 Å². The fourth-order valence-corrected chi connectivity index (χ4v) is 4.06. The van der Waals surface area contributed by atoms with Crippen molar-refractivity contribution in [1.29, 1.82) is 0 Å². The van der Waals surface area contributed by atoms with Gasteiger partial charge in [0.25, 0.3) is 0 Å². The smallest absolute Gasteiger partial charge is 0.220 e. The van der Waals surface area contributed by atoms with Gasteiger partial charge in [0.2, 0.25) is 5.91 Å². The third kappa shape index (κ3) is 4.12. The molecule has 1 heterocycles. The molecule has 0 aromatic heterocycles. The first-order valence-corrected chi connectivity index (χ1v) is 7.35. The maximum absolute atomic E-state index is 11.7. The summed E-state index contributed by atoms with van der Waals surface area (Å²) in [6.45, 7) is 7.76. The van der Waals surface area contributed by atoms with Crippen molar-refractivity contribution in [2.75, 3.05) is 11.5 Å². The first kappa shape index (κ1) is 13.5. The molecule has 0 unspecified atom stereocenters. The zero-order chi connectivity index (χ0) is 12.6. The summed E-state index contributed by atoms with van der Waals surface area (Å²) in [6, 6.07) is 0. The van der Waals surface area contributed by atoms with Gasteiger partial charge >= 0.3 is 0 Å². The van der Waals surface area contributed by atoms with E-state index in [0.717, 1.165) is 0 Å². The van der Waals surface area contributed by atoms with Crippen LogP contribution in [0.15, 0.2) is 0 Å². The van der Waals surface area contributed by atoms with Gasteiger partial charge in [-0.3, -0.25) is 4.79 Å². The Morgan fingerprint density at radius 1 is 1.38 bits per heavy atom. The number of rotatable bonds is 2. The molecule has 1 N–H and O–H groups in total. The summed E-state index contributed by atoms with van der Waals surface area (Å²) in [5.41, 5.74) is -0.640. The lowest BCUT2D eigenvalue weighted by Crippen LogP contribution is -2.47. The zero-order valence-corrected chi connectivity index (χ0v) is 11.3. The van der Waals surface area contributed by atoms with Crippen molar-refractivity contribution in [1.82, 2.24) is 5.32 Å². The van der Waals surface area contributed by atoms with E-state index in [2.05, 4.69) is 5.32 Å². The molecule has 94 valence electrons. The third-order valence-corrected chi connectivity index (χ3v) is 4.54. The van der Waals surface area contributed by atoms with E-state index in [1.165, 1.54) is 0 Å². The van der Waals surface area contributed by atoms with E-state index in [0.29, 0.717) is 12.8 Å². The quantitative estimate of drug-likeness (QED) is 0.795. The highest BCUT2D eigenvalue weighted by Gasteiger charge is 2.39. The van der Waals surface area contributed by atoms with Crippen molar-refractivity contribution in [2.45, 2.75) is 46.1 Å². The second-order valence-electron chi connectivity index (χ2n) is 6.19. The van der Waals surface area contributed by atoms with Crippen molar-refractivity contribution in [2.24, 2.45) is 5.41 Å². The van der Waals surface area contributed by atoms with Crippen molar-refractivity contribution in [3.63, 3.8) is 0 Å². The minimum absolute atomic E-state index is 0.0629. The van der Waals surface area contributed by atoms with Gasteiger partial charge in [-0.15, -0.1) is 0 Å². The van der Waals surface area contributed by atoms with Gasteiger partial charge in [-0.05, 0) is 18.8 Å². The molecule has 0 spiro atoms. The lowest BCUT2D eigenvalue weighted by molar-refractivity contribution is -0.124. The molecule has 0 aromatic rings. The topological polar surface area (TPSA) is 63.2 Å². The van der Waals surface area contributed by atoms with Gasteiger partial charge in [0.15, 0.2) is 9.84 Å². The molecule has 0 aromatic carbocycles. The second kappa shape index (κ2) is 4.02. The van der Waals surface area contributed by atoms with E-state index in [9.17, 15) is 13.2 Å². The Labute approximate surface area is 97.7 Å². The van der Waals surface area contributed by atoms with Crippen LogP contribution in [-0.2, 0) is 14.6 Å². The van der Waals surface area contributed by atoms with Crippen molar-refractivity contribution < 1.29 is 13.2 Å². The largest absolute Gasteiger partial charge is 0.350 e. The molecule has 4 nitrogen and oxygen atoms in total. The Morgan fingerprint density at radius 3 is 2.31 bits per heavy atom. The Hall–Kier alpha value is -0.580. The zero-order valence-electron chi connectivity index (χ0n) is 10.5. The lowest BCUT2D eigenvalue weighted by Gasteiger charge is -2.26. The predicted octanol–water partition coefficient (Wildman–Crippen LogP) is 1.12. The van der Waals surface area contributed by atoms with Gasteiger partial charge < -0.3 is 5.32 Å². The average molecular weight is 247 g/mol. The molecule has 0 bridgehead atoms. The number of hydrogen-bond acceptors (Lipinski definition) is 3. The summed E-state index contributed by atoms with van der Waals surface area (Å²) in [5, 5.41) is 2.85. The van der Waals surface area contributed by atoms with Crippen molar-refractivity contribution in [3.8, 4) is 0 Å². The van der Waals surface area contributed by atoms with Gasteiger partial charge in [-0.2, -0.15) is 0 Å². The van der Waals surface area contributed by atoms with Gasteiger partial charge in [0.05, 0.1) is 17.0 Å². The van der Waals surface area contributed by atoms with E-state index in [1.54, 1.807) is 6.92 Å². The predicted molar refractivity (Wildman–Crippen MR) is 63.9 cm³/mol. The molecule has 1 fully saturated rings. The standard InChI is InChI=1S/C11H21NO3S/c1-10(2,3)7-9(13)12-11(4)5-6-16(14,15)8-11/h5-8H2,1-4H3,(H,12,13)/t11-/m1/s1. The summed E-state index contributed by atoms with van der Waals surface area (Å²) in [5.74, 6) is 0.182. The van der Waals surface area contributed by atoms with E-state index >= 15 is 0 Å². The number of carbonyl (C=O) groups excluding carboxylic acids is 1. The van der Waals surface area contributed by atoms with Gasteiger partial charge in [-0.1, -0.05) is 20.8 Å². The van der Waals surface area contributed by atoms with Gasteiger partial charge in [0, 0.05) is 6.42 Å². The molecule has 1 aliphatic heterocycles. The van der Waals surface area contributed by atoms with Crippen LogP contribution in [-0.4, -0.2) is 31.4 Å². The summed E-state index contributed by atoms with van der Waals surface area (Å²) >= 11 is 0. The minimum Gasteiger partial charge on any atom is -0.350 e. The SMILES string of the molecule is CC(C)(C)CC(=O)N[C@]1(C)CCS(=O)(=O)C1. The van der Waals surface area contributed by atoms with Crippen LogP contribution in [0.1, 0.15) is 40.5 Å². The fraction of sp³-hybridized carbons (Fsp3) is 0.909. The van der Waals surface area contributed by atoms with Gasteiger partial charge in [0.1, 0.15) is 0 Å². The molecule has 1 amide bonds. The van der Waals surface area contributed by atoms with Crippen LogP contribution < -0.4 is 5.32 Å². The first-order chi connectivity index (χ1) is 7.02. The molecule has 16 heavy (non-hydrogen) atoms. The molecule has 1 rings (SSSR count). The van der Waals surface area contributed by atoms with E-state index < -0.39 is 15.4 Å². The molecule has 1 atom stereocenters. The first-order valence-electron chi connectivity index (χ1n) is 5.53. The maximum atomic E-state index is 11.7. The molecule has 1 saturated heterocycles. The van der Waals surface area contributed by atoms with Crippen LogP contribution in [0.3, 0.4) is 0 Å². The third-order valence-electron chi connectivity index (χ3n) is 2.64. The molecule has 5 heteroatoms. The molecule has 0 aliphatic carbocycles. The van der Waals surface area contributed by atoms with Crippen LogP contribution in [0, 0.1) is 5.41 Å². The highest BCUT2D eigenvalue weighted by Crippen LogP contribution is 2.24. The number of amides is 1. The molecule has 1 aliphatic rings. The second-order valence-corrected chi connectivity index (χ2v) is 8.37. The highest BCUT2D eigenvalue weighted by molar-refractivity contribution is 7.91. The Balaban J connectivity index is 2.59. The van der Waals surface area contributed by atoms with E-state index in [-0.39, 0.29) is 22.8 Å². The Bertz CT molecular complexity index is 381. The van der Waals surface area contributed by atoms with E-state index in [1.807, 2.05) is 20.8 Å². The molecular weight excluding hydrogens is 226 g/mol. The molecular formula is C11H21NO3S. The summed E-state index contributed by atoms with van der Waals surface area (Å²) < 4.78 is 22.7. The van der Waals surface area contributed by atoms with Crippen molar-refractivity contribution >= 4 is 15.7 Å². The van der Waals surface area contributed by atoms with Crippen LogP contribution in [0.2, 0.25) is 0 Å². The van der Waals surface area contributed by atoms with Crippen LogP contribution >= 0.6 is 0 Å².